The number of hydrogen-bond acceptors (Lipinski definition) is 4. The highest BCUT2D eigenvalue weighted by molar-refractivity contribution is 5.53. The maximum atomic E-state index is 9.97. The molecule has 0 spiro atoms. The van der Waals surface area contributed by atoms with Crippen LogP contribution in [0.25, 0.3) is 0 Å². The molecule has 0 aromatic heterocycles. The number of nitrogens with zero attached hydrogens (tertiary/aromatic N) is 2. The second-order valence-corrected chi connectivity index (χ2v) is 5.50. The van der Waals surface area contributed by atoms with Gasteiger partial charge in [-0.05, 0) is 38.9 Å². The van der Waals surface area contributed by atoms with E-state index >= 15 is 0 Å². The number of rotatable bonds is 5. The molecule has 1 saturated heterocycles. The third-order valence-electron chi connectivity index (χ3n) is 3.90. The van der Waals surface area contributed by atoms with E-state index in [1.807, 2.05) is 25.1 Å². The van der Waals surface area contributed by atoms with Gasteiger partial charge >= 0.3 is 0 Å². The van der Waals surface area contributed by atoms with Gasteiger partial charge in [-0.1, -0.05) is 6.07 Å². The van der Waals surface area contributed by atoms with Crippen molar-refractivity contribution < 1.29 is 5.11 Å². The Hall–Kier alpha value is -1.26. The zero-order valence-electron chi connectivity index (χ0n) is 12.0. The van der Waals surface area contributed by atoms with Gasteiger partial charge in [-0.3, -0.25) is 0 Å². The maximum absolute atomic E-state index is 9.97. The number of anilines is 1. The van der Waals surface area contributed by atoms with Crippen molar-refractivity contribution in [3.63, 3.8) is 0 Å². The summed E-state index contributed by atoms with van der Waals surface area (Å²) in [5, 5.41) is 9.97. The van der Waals surface area contributed by atoms with E-state index in [4.69, 9.17) is 5.73 Å². The molecule has 19 heavy (non-hydrogen) atoms. The van der Waals surface area contributed by atoms with E-state index in [1.54, 1.807) is 0 Å². The van der Waals surface area contributed by atoms with Gasteiger partial charge in [0, 0.05) is 43.5 Å². The van der Waals surface area contributed by atoms with Gasteiger partial charge < -0.3 is 20.6 Å². The average Bonchev–Trinajstić information content (AvgIpc) is 2.88. The molecule has 4 nitrogen and oxygen atoms in total. The summed E-state index contributed by atoms with van der Waals surface area (Å²) in [6.07, 6.45) is 2.65. The van der Waals surface area contributed by atoms with Crippen molar-refractivity contribution in [3.05, 3.63) is 23.8 Å². The Morgan fingerprint density at radius 3 is 2.63 bits per heavy atom. The number of phenols is 1. The second-order valence-electron chi connectivity index (χ2n) is 5.50. The molecule has 3 N–H and O–H groups in total. The van der Waals surface area contributed by atoms with Crippen LogP contribution in [0.15, 0.2) is 18.2 Å². The predicted octanol–water partition coefficient (Wildman–Crippen LogP) is 1.94. The summed E-state index contributed by atoms with van der Waals surface area (Å²) < 4.78 is 0. The lowest BCUT2D eigenvalue weighted by Crippen LogP contribution is -2.31. The molecule has 1 fully saturated rings. The van der Waals surface area contributed by atoms with E-state index in [-0.39, 0.29) is 6.04 Å². The van der Waals surface area contributed by atoms with Crippen LogP contribution in [0.4, 0.5) is 5.69 Å². The predicted molar refractivity (Wildman–Crippen MR) is 79.7 cm³/mol. The van der Waals surface area contributed by atoms with Crippen LogP contribution < -0.4 is 10.6 Å². The van der Waals surface area contributed by atoms with E-state index in [2.05, 4.69) is 16.8 Å². The zero-order valence-corrected chi connectivity index (χ0v) is 12.0. The summed E-state index contributed by atoms with van der Waals surface area (Å²) in [6, 6.07) is 5.62. The van der Waals surface area contributed by atoms with Crippen LogP contribution in [-0.4, -0.2) is 43.2 Å². The van der Waals surface area contributed by atoms with Crippen LogP contribution in [0, 0.1) is 0 Å². The van der Waals surface area contributed by atoms with Crippen molar-refractivity contribution in [2.45, 2.75) is 25.8 Å². The van der Waals surface area contributed by atoms with Crippen molar-refractivity contribution in [2.24, 2.45) is 5.73 Å². The first-order chi connectivity index (χ1) is 9.08. The molecule has 1 unspecified atom stereocenters. The average molecular weight is 263 g/mol. The first-order valence-corrected chi connectivity index (χ1v) is 7.10. The fourth-order valence-corrected chi connectivity index (χ4v) is 2.58. The van der Waals surface area contributed by atoms with E-state index in [1.165, 1.54) is 25.9 Å². The molecule has 1 aliphatic heterocycles. The van der Waals surface area contributed by atoms with Gasteiger partial charge in [0.1, 0.15) is 5.75 Å². The minimum absolute atomic E-state index is 0.135. The fourth-order valence-electron chi connectivity index (χ4n) is 2.58. The van der Waals surface area contributed by atoms with Crippen molar-refractivity contribution in [1.29, 1.82) is 0 Å². The van der Waals surface area contributed by atoms with Gasteiger partial charge in [-0.25, -0.2) is 0 Å². The van der Waals surface area contributed by atoms with E-state index in [0.29, 0.717) is 5.75 Å². The van der Waals surface area contributed by atoms with Gasteiger partial charge in [0.25, 0.3) is 0 Å². The Bertz CT molecular complexity index is 414. The standard InChI is InChI=1S/C15H25N3O/c1-12(16)14-6-5-13(11-15(14)19)17(2)9-10-18-7-3-4-8-18/h5-6,11-12,19H,3-4,7-10,16H2,1-2H3. The van der Waals surface area contributed by atoms with Gasteiger partial charge in [0.15, 0.2) is 0 Å². The van der Waals surface area contributed by atoms with Crippen molar-refractivity contribution >= 4 is 5.69 Å². The molecule has 1 aromatic carbocycles. The molecule has 0 saturated carbocycles. The Morgan fingerprint density at radius 2 is 2.05 bits per heavy atom. The molecule has 0 amide bonds. The molecular formula is C15H25N3O. The Kier molecular flexibility index (Phi) is 4.66. The Morgan fingerprint density at radius 1 is 1.37 bits per heavy atom. The minimum Gasteiger partial charge on any atom is -0.508 e. The van der Waals surface area contributed by atoms with Crippen LogP contribution in [-0.2, 0) is 0 Å². The summed E-state index contributed by atoms with van der Waals surface area (Å²) in [5.41, 5.74) is 7.65. The highest BCUT2D eigenvalue weighted by Gasteiger charge is 2.13. The number of aromatic hydroxyl groups is 1. The summed E-state index contributed by atoms with van der Waals surface area (Å²) in [7, 11) is 2.07. The van der Waals surface area contributed by atoms with Gasteiger partial charge in [-0.2, -0.15) is 0 Å². The summed E-state index contributed by atoms with van der Waals surface area (Å²) in [6.45, 7) is 6.40. The number of phenolic OH excluding ortho intramolecular Hbond substituents is 1. The molecule has 2 rings (SSSR count). The SMILES string of the molecule is CC(N)c1ccc(N(C)CCN2CCCC2)cc1O. The molecule has 1 atom stereocenters. The molecule has 1 aliphatic rings. The van der Waals surface area contributed by atoms with Crippen molar-refractivity contribution in [2.75, 3.05) is 38.1 Å². The summed E-state index contributed by atoms with van der Waals surface area (Å²) in [4.78, 5) is 4.68. The van der Waals surface area contributed by atoms with Gasteiger partial charge in [0.05, 0.1) is 0 Å². The van der Waals surface area contributed by atoms with Crippen LogP contribution in [0.2, 0.25) is 0 Å². The van der Waals surface area contributed by atoms with Gasteiger partial charge in [0.2, 0.25) is 0 Å². The van der Waals surface area contributed by atoms with E-state index < -0.39 is 0 Å². The van der Waals surface area contributed by atoms with Crippen LogP contribution in [0.3, 0.4) is 0 Å². The highest BCUT2D eigenvalue weighted by Crippen LogP contribution is 2.27. The fraction of sp³-hybridized carbons (Fsp3) is 0.600. The summed E-state index contributed by atoms with van der Waals surface area (Å²) >= 11 is 0. The lowest BCUT2D eigenvalue weighted by Gasteiger charge is -2.24. The topological polar surface area (TPSA) is 52.7 Å². The molecule has 0 radical (unpaired) electrons. The number of hydrogen-bond donors (Lipinski definition) is 2. The first-order valence-electron chi connectivity index (χ1n) is 7.10. The zero-order chi connectivity index (χ0) is 13.8. The number of likely N-dealkylation sites (N-methyl/N-ethyl adjacent to an activating group) is 1. The third kappa shape index (κ3) is 3.61. The number of nitrogens with two attached hydrogens (primary N) is 1. The third-order valence-corrected chi connectivity index (χ3v) is 3.90. The Labute approximate surface area is 115 Å². The second kappa shape index (κ2) is 6.26. The van der Waals surface area contributed by atoms with Crippen molar-refractivity contribution in [3.8, 4) is 5.75 Å². The number of benzene rings is 1. The minimum atomic E-state index is -0.135. The van der Waals surface area contributed by atoms with E-state index in [9.17, 15) is 5.11 Å². The van der Waals surface area contributed by atoms with Crippen LogP contribution >= 0.6 is 0 Å². The lowest BCUT2D eigenvalue weighted by atomic mass is 10.1. The van der Waals surface area contributed by atoms with Crippen LogP contribution in [0.5, 0.6) is 5.75 Å². The molecule has 0 aliphatic carbocycles. The molecule has 1 aromatic rings. The first kappa shape index (κ1) is 14.2. The molecule has 106 valence electrons. The maximum Gasteiger partial charge on any atom is 0.122 e. The van der Waals surface area contributed by atoms with E-state index in [0.717, 1.165) is 24.3 Å². The molecular weight excluding hydrogens is 238 g/mol. The van der Waals surface area contributed by atoms with Gasteiger partial charge in [-0.15, -0.1) is 0 Å². The number of likely N-dealkylation sites (tertiary alicyclic amines) is 1. The summed E-state index contributed by atoms with van der Waals surface area (Å²) in [5.74, 6) is 0.292. The van der Waals surface area contributed by atoms with Crippen molar-refractivity contribution in [1.82, 2.24) is 4.90 Å². The monoisotopic (exact) mass is 263 g/mol. The highest BCUT2D eigenvalue weighted by atomic mass is 16.3. The largest absolute Gasteiger partial charge is 0.508 e. The smallest absolute Gasteiger partial charge is 0.122 e. The quantitative estimate of drug-likeness (QED) is 0.852. The Balaban J connectivity index is 1.94. The molecule has 4 heteroatoms. The lowest BCUT2D eigenvalue weighted by molar-refractivity contribution is 0.346. The molecule has 0 bridgehead atoms. The normalized spacial score (nSPS) is 17.6. The molecule has 1 heterocycles. The van der Waals surface area contributed by atoms with Crippen LogP contribution in [0.1, 0.15) is 31.4 Å².